The Balaban J connectivity index is 0.000000671. The second-order valence-corrected chi connectivity index (χ2v) is 2.64. The minimum absolute atomic E-state index is 0.423. The predicted octanol–water partition coefficient (Wildman–Crippen LogP) is 2.63. The molecular weight excluding hydrogens is 164 g/mol. The van der Waals surface area contributed by atoms with E-state index in [1.165, 1.54) is 6.33 Å². The molecule has 0 atom stereocenters. The molecule has 1 aromatic rings. The van der Waals surface area contributed by atoms with Gasteiger partial charge < -0.3 is 4.74 Å². The van der Waals surface area contributed by atoms with Gasteiger partial charge in [0.1, 0.15) is 6.33 Å². The highest BCUT2D eigenvalue weighted by Crippen LogP contribution is 2.14. The zero-order valence-electron chi connectivity index (χ0n) is 9.03. The van der Waals surface area contributed by atoms with E-state index in [1.54, 1.807) is 7.11 Å². The van der Waals surface area contributed by atoms with Crippen LogP contribution in [0, 0.1) is 0 Å². The van der Waals surface area contributed by atoms with E-state index in [4.69, 9.17) is 4.74 Å². The summed E-state index contributed by atoms with van der Waals surface area (Å²) in [5.74, 6) is 1.05. The van der Waals surface area contributed by atoms with Gasteiger partial charge in [-0.3, -0.25) is 0 Å². The van der Waals surface area contributed by atoms with E-state index in [0.717, 1.165) is 5.69 Å². The average Bonchev–Trinajstić information content (AvgIpc) is 2.21. The zero-order valence-corrected chi connectivity index (χ0v) is 9.03. The minimum Gasteiger partial charge on any atom is -0.481 e. The van der Waals surface area contributed by atoms with Crippen LogP contribution in [0.4, 0.5) is 0 Å². The van der Waals surface area contributed by atoms with Crippen molar-refractivity contribution in [1.29, 1.82) is 0 Å². The van der Waals surface area contributed by atoms with E-state index in [9.17, 15) is 0 Å². The minimum atomic E-state index is 0.423. The summed E-state index contributed by atoms with van der Waals surface area (Å²) in [6, 6.07) is 1.85. The molecule has 0 saturated carbocycles. The summed E-state index contributed by atoms with van der Waals surface area (Å²) in [5.41, 5.74) is 1.01. The van der Waals surface area contributed by atoms with Crippen LogP contribution < -0.4 is 4.74 Å². The Kier molecular flexibility index (Phi) is 5.85. The van der Waals surface area contributed by atoms with E-state index in [1.807, 2.05) is 19.9 Å². The van der Waals surface area contributed by atoms with Crippen LogP contribution in [0.1, 0.15) is 39.3 Å². The van der Waals surface area contributed by atoms with Crippen molar-refractivity contribution >= 4 is 0 Å². The van der Waals surface area contributed by atoms with Crippen molar-refractivity contribution in [3.8, 4) is 5.88 Å². The highest BCUT2D eigenvalue weighted by atomic mass is 16.5. The molecule has 0 aromatic carbocycles. The molecule has 0 unspecified atom stereocenters. The summed E-state index contributed by atoms with van der Waals surface area (Å²) >= 11 is 0. The molecule has 3 heteroatoms. The molecule has 0 fully saturated rings. The molecule has 0 bridgehead atoms. The van der Waals surface area contributed by atoms with E-state index in [0.29, 0.717) is 11.8 Å². The van der Waals surface area contributed by atoms with Crippen LogP contribution in [0.3, 0.4) is 0 Å². The van der Waals surface area contributed by atoms with Gasteiger partial charge in [0.05, 0.1) is 12.8 Å². The third-order valence-electron chi connectivity index (χ3n) is 1.46. The Morgan fingerprint density at radius 2 is 1.85 bits per heavy atom. The number of methoxy groups -OCH3 is 1. The van der Waals surface area contributed by atoms with Crippen molar-refractivity contribution in [3.63, 3.8) is 0 Å². The topological polar surface area (TPSA) is 35.0 Å². The van der Waals surface area contributed by atoms with Crippen molar-refractivity contribution in [1.82, 2.24) is 9.97 Å². The lowest BCUT2D eigenvalue weighted by atomic mass is 10.1. The summed E-state index contributed by atoms with van der Waals surface area (Å²) in [6.07, 6.45) is 1.52. The largest absolute Gasteiger partial charge is 0.481 e. The van der Waals surface area contributed by atoms with Crippen LogP contribution in [0.25, 0.3) is 0 Å². The normalized spacial score (nSPS) is 9.08. The molecular formula is C10H18N2O. The van der Waals surface area contributed by atoms with Crippen molar-refractivity contribution in [2.45, 2.75) is 33.6 Å². The van der Waals surface area contributed by atoms with Gasteiger partial charge in [-0.15, -0.1) is 0 Å². The van der Waals surface area contributed by atoms with Gasteiger partial charge in [-0.05, 0) is 5.92 Å². The molecule has 0 saturated heterocycles. The number of hydrogen-bond acceptors (Lipinski definition) is 3. The standard InChI is InChI=1S/C8H12N2O.C2H6/c1-6(2)7-4-8(11-3)10-5-9-7;1-2/h4-6H,1-3H3;1-2H3. The highest BCUT2D eigenvalue weighted by Gasteiger charge is 2.01. The number of ether oxygens (including phenoxy) is 1. The first kappa shape index (κ1) is 11.9. The van der Waals surface area contributed by atoms with Crippen molar-refractivity contribution < 1.29 is 4.74 Å². The maximum Gasteiger partial charge on any atom is 0.216 e. The third kappa shape index (κ3) is 3.87. The first-order valence-electron chi connectivity index (χ1n) is 4.60. The number of nitrogens with zero attached hydrogens (tertiary/aromatic N) is 2. The average molecular weight is 182 g/mol. The van der Waals surface area contributed by atoms with E-state index < -0.39 is 0 Å². The van der Waals surface area contributed by atoms with E-state index in [-0.39, 0.29) is 0 Å². The van der Waals surface area contributed by atoms with Gasteiger partial charge in [0.15, 0.2) is 0 Å². The second-order valence-electron chi connectivity index (χ2n) is 2.64. The first-order chi connectivity index (χ1) is 6.24. The second kappa shape index (κ2) is 6.40. The molecule has 3 nitrogen and oxygen atoms in total. The quantitative estimate of drug-likeness (QED) is 0.705. The monoisotopic (exact) mass is 182 g/mol. The summed E-state index contributed by atoms with van der Waals surface area (Å²) in [7, 11) is 1.60. The fourth-order valence-electron chi connectivity index (χ4n) is 0.781. The molecule has 0 aliphatic rings. The number of rotatable bonds is 2. The van der Waals surface area contributed by atoms with Crippen LogP contribution in [0.5, 0.6) is 5.88 Å². The van der Waals surface area contributed by atoms with Gasteiger partial charge in [-0.1, -0.05) is 27.7 Å². The van der Waals surface area contributed by atoms with Crippen LogP contribution in [0.15, 0.2) is 12.4 Å². The Morgan fingerprint density at radius 3 is 2.31 bits per heavy atom. The molecule has 0 radical (unpaired) electrons. The van der Waals surface area contributed by atoms with Gasteiger partial charge in [0.2, 0.25) is 5.88 Å². The van der Waals surface area contributed by atoms with Crippen LogP contribution in [-0.2, 0) is 0 Å². The molecule has 13 heavy (non-hydrogen) atoms. The fraction of sp³-hybridized carbons (Fsp3) is 0.600. The van der Waals surface area contributed by atoms with Crippen molar-refractivity contribution in [3.05, 3.63) is 18.1 Å². The summed E-state index contributed by atoms with van der Waals surface area (Å²) in [6.45, 7) is 8.17. The molecule has 0 spiro atoms. The Labute approximate surface area is 80.2 Å². The van der Waals surface area contributed by atoms with Crippen molar-refractivity contribution in [2.24, 2.45) is 0 Å². The predicted molar refractivity (Wildman–Crippen MR) is 54.0 cm³/mol. The van der Waals surface area contributed by atoms with E-state index in [2.05, 4.69) is 23.8 Å². The maximum absolute atomic E-state index is 4.95. The smallest absolute Gasteiger partial charge is 0.216 e. The Hall–Kier alpha value is -1.12. The SMILES string of the molecule is CC.COc1cc(C(C)C)ncn1. The highest BCUT2D eigenvalue weighted by molar-refractivity contribution is 5.15. The summed E-state index contributed by atoms with van der Waals surface area (Å²) in [4.78, 5) is 8.00. The van der Waals surface area contributed by atoms with Crippen molar-refractivity contribution in [2.75, 3.05) is 7.11 Å². The molecule has 74 valence electrons. The molecule has 0 N–H and O–H groups in total. The molecule has 1 heterocycles. The van der Waals surface area contributed by atoms with Gasteiger partial charge >= 0.3 is 0 Å². The van der Waals surface area contributed by atoms with Crippen LogP contribution >= 0.6 is 0 Å². The Morgan fingerprint density at radius 1 is 1.23 bits per heavy atom. The van der Waals surface area contributed by atoms with Crippen LogP contribution in [-0.4, -0.2) is 17.1 Å². The number of hydrogen-bond donors (Lipinski definition) is 0. The maximum atomic E-state index is 4.95. The third-order valence-corrected chi connectivity index (χ3v) is 1.46. The lowest BCUT2D eigenvalue weighted by Crippen LogP contribution is -1.95. The molecule has 1 rings (SSSR count). The molecule has 0 aliphatic carbocycles. The Bertz CT molecular complexity index is 236. The van der Waals surface area contributed by atoms with Gasteiger partial charge in [0, 0.05) is 6.07 Å². The fourth-order valence-corrected chi connectivity index (χ4v) is 0.781. The summed E-state index contributed by atoms with van der Waals surface area (Å²) in [5, 5.41) is 0. The van der Waals surface area contributed by atoms with E-state index >= 15 is 0 Å². The molecule has 0 aliphatic heterocycles. The first-order valence-corrected chi connectivity index (χ1v) is 4.60. The lowest BCUT2D eigenvalue weighted by Gasteiger charge is -2.04. The summed E-state index contributed by atoms with van der Waals surface area (Å²) < 4.78 is 4.95. The van der Waals surface area contributed by atoms with Gasteiger partial charge in [0.25, 0.3) is 0 Å². The zero-order chi connectivity index (χ0) is 10.3. The molecule has 0 amide bonds. The molecule has 1 aromatic heterocycles. The van der Waals surface area contributed by atoms with Crippen LogP contribution in [0.2, 0.25) is 0 Å². The lowest BCUT2D eigenvalue weighted by molar-refractivity contribution is 0.395. The van der Waals surface area contributed by atoms with Gasteiger partial charge in [-0.25, -0.2) is 9.97 Å². The van der Waals surface area contributed by atoms with Gasteiger partial charge in [-0.2, -0.15) is 0 Å². The number of aromatic nitrogens is 2.